The smallest absolute Gasteiger partial charge is 0.333 e. The number of carboxylic acids is 1. The first-order valence-electron chi connectivity index (χ1n) is 8.87. The molecular formula is C20H25NO6S. The molecule has 7 nitrogen and oxygen atoms in total. The molecule has 0 aliphatic heterocycles. The van der Waals surface area contributed by atoms with E-state index in [0.717, 1.165) is 17.4 Å². The number of aliphatic carboxylic acids is 1. The molecule has 2 unspecified atom stereocenters. The van der Waals surface area contributed by atoms with Gasteiger partial charge >= 0.3 is 5.97 Å². The molecule has 0 amide bonds. The number of sulfonamides is 1. The molecule has 2 aromatic carbocycles. The number of hydrogen-bond donors (Lipinski definition) is 2. The third-order valence-corrected chi connectivity index (χ3v) is 4.68. The molecule has 8 heteroatoms. The SMILES string of the molecule is CCOC(Cc1ccc(OCC(NS(C)(=O)=O)c2ccccc2)cc1)C(=O)O. The summed E-state index contributed by atoms with van der Waals surface area (Å²) < 4.78 is 36.8. The van der Waals surface area contributed by atoms with E-state index in [1.54, 1.807) is 31.2 Å². The Kier molecular flexibility index (Phi) is 7.98. The van der Waals surface area contributed by atoms with E-state index < -0.39 is 28.1 Å². The summed E-state index contributed by atoms with van der Waals surface area (Å²) in [5.41, 5.74) is 1.60. The van der Waals surface area contributed by atoms with Crippen LogP contribution in [0.2, 0.25) is 0 Å². The Morgan fingerprint density at radius 3 is 2.29 bits per heavy atom. The van der Waals surface area contributed by atoms with Crippen molar-refractivity contribution in [3.05, 3.63) is 65.7 Å². The zero-order chi connectivity index (χ0) is 20.6. The number of ether oxygens (including phenoxy) is 2. The van der Waals surface area contributed by atoms with Crippen molar-refractivity contribution in [3.63, 3.8) is 0 Å². The van der Waals surface area contributed by atoms with Crippen LogP contribution in [0.4, 0.5) is 0 Å². The average Bonchev–Trinajstić information content (AvgIpc) is 2.65. The van der Waals surface area contributed by atoms with Crippen molar-refractivity contribution in [3.8, 4) is 5.75 Å². The van der Waals surface area contributed by atoms with Crippen LogP contribution in [0.1, 0.15) is 24.1 Å². The molecule has 2 rings (SSSR count). The van der Waals surface area contributed by atoms with Crippen LogP contribution in [0.25, 0.3) is 0 Å². The van der Waals surface area contributed by atoms with E-state index in [2.05, 4.69) is 4.72 Å². The highest BCUT2D eigenvalue weighted by molar-refractivity contribution is 7.88. The molecule has 0 saturated heterocycles. The summed E-state index contributed by atoms with van der Waals surface area (Å²) in [6.07, 6.45) is 0.471. The van der Waals surface area contributed by atoms with Gasteiger partial charge in [-0.25, -0.2) is 17.9 Å². The Morgan fingerprint density at radius 2 is 1.75 bits per heavy atom. The molecule has 152 valence electrons. The van der Waals surface area contributed by atoms with Gasteiger partial charge in [0.25, 0.3) is 0 Å². The maximum absolute atomic E-state index is 11.7. The predicted octanol–water partition coefficient (Wildman–Crippen LogP) is 2.39. The van der Waals surface area contributed by atoms with Crippen LogP contribution >= 0.6 is 0 Å². The van der Waals surface area contributed by atoms with E-state index in [-0.39, 0.29) is 13.0 Å². The number of hydrogen-bond acceptors (Lipinski definition) is 5. The summed E-state index contributed by atoms with van der Waals surface area (Å²) in [5.74, 6) is -0.442. The van der Waals surface area contributed by atoms with E-state index >= 15 is 0 Å². The highest BCUT2D eigenvalue weighted by Crippen LogP contribution is 2.19. The fourth-order valence-corrected chi connectivity index (χ4v) is 3.40. The maximum Gasteiger partial charge on any atom is 0.333 e. The Morgan fingerprint density at radius 1 is 1.11 bits per heavy atom. The van der Waals surface area contributed by atoms with Crippen molar-refractivity contribution in [2.45, 2.75) is 25.5 Å². The van der Waals surface area contributed by atoms with Crippen molar-refractivity contribution in [1.29, 1.82) is 0 Å². The fourth-order valence-electron chi connectivity index (χ4n) is 2.68. The van der Waals surface area contributed by atoms with Gasteiger partial charge in [0.1, 0.15) is 12.4 Å². The van der Waals surface area contributed by atoms with E-state index in [9.17, 15) is 13.2 Å². The summed E-state index contributed by atoms with van der Waals surface area (Å²) in [6.45, 7) is 2.19. The monoisotopic (exact) mass is 407 g/mol. The summed E-state index contributed by atoms with van der Waals surface area (Å²) in [5, 5.41) is 9.16. The molecule has 0 saturated carbocycles. The van der Waals surface area contributed by atoms with E-state index in [1.807, 2.05) is 30.3 Å². The van der Waals surface area contributed by atoms with Crippen LogP contribution in [-0.2, 0) is 26.0 Å². The third-order valence-electron chi connectivity index (χ3n) is 3.96. The lowest BCUT2D eigenvalue weighted by Crippen LogP contribution is -2.31. The third kappa shape index (κ3) is 7.30. The van der Waals surface area contributed by atoms with Crippen LogP contribution in [0.15, 0.2) is 54.6 Å². The van der Waals surface area contributed by atoms with Gasteiger partial charge < -0.3 is 14.6 Å². The van der Waals surface area contributed by atoms with Gasteiger partial charge in [0.15, 0.2) is 6.10 Å². The van der Waals surface area contributed by atoms with Crippen molar-refractivity contribution >= 4 is 16.0 Å². The predicted molar refractivity (Wildman–Crippen MR) is 106 cm³/mol. The Bertz CT molecular complexity index is 852. The second kappa shape index (κ2) is 10.2. The second-order valence-corrected chi connectivity index (χ2v) is 8.07. The highest BCUT2D eigenvalue weighted by Gasteiger charge is 2.19. The number of rotatable bonds is 11. The molecule has 0 bridgehead atoms. The lowest BCUT2D eigenvalue weighted by atomic mass is 10.1. The number of carboxylic acid groups (broad SMARTS) is 1. The van der Waals surface area contributed by atoms with Crippen LogP contribution < -0.4 is 9.46 Å². The Balaban J connectivity index is 2.02. The maximum atomic E-state index is 11.7. The molecule has 0 aliphatic carbocycles. The molecule has 0 spiro atoms. The molecule has 0 aromatic heterocycles. The summed E-state index contributed by atoms with van der Waals surface area (Å²) in [6, 6.07) is 15.6. The van der Waals surface area contributed by atoms with Gasteiger partial charge in [-0.1, -0.05) is 42.5 Å². The molecule has 0 aliphatic rings. The van der Waals surface area contributed by atoms with Gasteiger partial charge in [-0.15, -0.1) is 0 Å². The number of benzene rings is 2. The first-order valence-corrected chi connectivity index (χ1v) is 10.8. The van der Waals surface area contributed by atoms with Gasteiger partial charge in [-0.2, -0.15) is 0 Å². The van der Waals surface area contributed by atoms with Gasteiger partial charge in [0.05, 0.1) is 12.3 Å². The summed E-state index contributed by atoms with van der Waals surface area (Å²) in [7, 11) is -3.41. The Hall–Kier alpha value is -2.42. The van der Waals surface area contributed by atoms with Crippen LogP contribution in [0, 0.1) is 0 Å². The minimum atomic E-state index is -3.41. The van der Waals surface area contributed by atoms with Gasteiger partial charge in [0.2, 0.25) is 10.0 Å². The molecule has 0 fully saturated rings. The highest BCUT2D eigenvalue weighted by atomic mass is 32.2. The van der Waals surface area contributed by atoms with E-state index in [0.29, 0.717) is 12.4 Å². The van der Waals surface area contributed by atoms with Crippen molar-refractivity contribution in [1.82, 2.24) is 4.72 Å². The number of carbonyl (C=O) groups is 1. The molecule has 2 aromatic rings. The van der Waals surface area contributed by atoms with Gasteiger partial charge in [-0.05, 0) is 30.2 Å². The first-order chi connectivity index (χ1) is 13.3. The molecule has 2 atom stereocenters. The quantitative estimate of drug-likeness (QED) is 0.593. The minimum absolute atomic E-state index is 0.118. The second-order valence-electron chi connectivity index (χ2n) is 6.29. The molecule has 0 heterocycles. The molecule has 2 N–H and O–H groups in total. The van der Waals surface area contributed by atoms with E-state index in [4.69, 9.17) is 14.6 Å². The van der Waals surface area contributed by atoms with Gasteiger partial charge in [-0.3, -0.25) is 0 Å². The van der Waals surface area contributed by atoms with Crippen molar-refractivity contribution < 1.29 is 27.8 Å². The molecule has 28 heavy (non-hydrogen) atoms. The standard InChI is InChI=1S/C20H25NO6S/c1-3-26-19(20(22)23)13-15-9-11-17(12-10-15)27-14-18(21-28(2,24)25)16-7-5-4-6-8-16/h4-12,18-19,21H,3,13-14H2,1-2H3,(H,22,23). The molecular weight excluding hydrogens is 382 g/mol. The van der Waals surface area contributed by atoms with Gasteiger partial charge in [0, 0.05) is 13.0 Å². The topological polar surface area (TPSA) is 102 Å². The largest absolute Gasteiger partial charge is 0.492 e. The van der Waals surface area contributed by atoms with Crippen molar-refractivity contribution in [2.75, 3.05) is 19.5 Å². The number of nitrogens with one attached hydrogen (secondary N) is 1. The zero-order valence-electron chi connectivity index (χ0n) is 15.9. The van der Waals surface area contributed by atoms with Crippen LogP contribution in [0.5, 0.6) is 5.75 Å². The normalized spacial score (nSPS) is 13.6. The first kappa shape index (κ1) is 21.9. The molecule has 0 radical (unpaired) electrons. The average molecular weight is 407 g/mol. The van der Waals surface area contributed by atoms with Crippen LogP contribution in [0.3, 0.4) is 0 Å². The fraction of sp³-hybridized carbons (Fsp3) is 0.350. The lowest BCUT2D eigenvalue weighted by molar-refractivity contribution is -0.149. The van der Waals surface area contributed by atoms with Crippen LogP contribution in [-0.4, -0.2) is 45.1 Å². The van der Waals surface area contributed by atoms with E-state index in [1.165, 1.54) is 0 Å². The lowest BCUT2D eigenvalue weighted by Gasteiger charge is -2.19. The zero-order valence-corrected chi connectivity index (χ0v) is 16.7. The van der Waals surface area contributed by atoms with Crippen molar-refractivity contribution in [2.24, 2.45) is 0 Å². The summed E-state index contributed by atoms with van der Waals surface area (Å²) >= 11 is 0. The Labute approximate surface area is 165 Å². The minimum Gasteiger partial charge on any atom is -0.492 e. The summed E-state index contributed by atoms with van der Waals surface area (Å²) in [4.78, 5) is 11.2.